The minimum absolute atomic E-state index is 0.00109. The van der Waals surface area contributed by atoms with E-state index >= 15 is 0 Å². The molecule has 1 amide bonds. The number of hydrogen-bond acceptors (Lipinski definition) is 5. The third-order valence-electron chi connectivity index (χ3n) is 6.39. The number of nitrogens with zero attached hydrogens (tertiary/aromatic N) is 5. The Labute approximate surface area is 205 Å². The number of piperazine rings is 1. The Balaban J connectivity index is 1.35. The quantitative estimate of drug-likeness (QED) is 0.425. The van der Waals surface area contributed by atoms with Crippen LogP contribution in [0, 0.1) is 6.92 Å². The normalized spacial score (nSPS) is 14.2. The molecule has 1 aliphatic heterocycles. The number of pyridine rings is 1. The summed E-state index contributed by atoms with van der Waals surface area (Å²) >= 11 is 0. The maximum atomic E-state index is 13.7. The van der Waals surface area contributed by atoms with Crippen LogP contribution in [-0.4, -0.2) is 63.8 Å². The molecule has 0 atom stereocenters. The summed E-state index contributed by atoms with van der Waals surface area (Å²) in [4.78, 5) is 22.2. The molecule has 3 heterocycles. The van der Waals surface area contributed by atoms with Gasteiger partial charge < -0.3 is 9.64 Å². The average Bonchev–Trinajstić information content (AvgIpc) is 3.36. The van der Waals surface area contributed by atoms with E-state index in [2.05, 4.69) is 28.9 Å². The van der Waals surface area contributed by atoms with Crippen molar-refractivity contribution in [1.29, 1.82) is 0 Å². The molecule has 1 fully saturated rings. The predicted octanol–water partition coefficient (Wildman–Crippen LogP) is 4.21. The van der Waals surface area contributed by atoms with Crippen LogP contribution in [0.25, 0.3) is 16.9 Å². The lowest BCUT2D eigenvalue weighted by molar-refractivity contribution is 0.0628. The minimum atomic E-state index is -0.00109. The molecule has 1 aliphatic rings. The molecule has 0 saturated carbocycles. The molecule has 35 heavy (non-hydrogen) atoms. The lowest BCUT2D eigenvalue weighted by Gasteiger charge is -2.35. The number of carbonyl (C=O) groups excluding carboxylic acids is 1. The second-order valence-electron chi connectivity index (χ2n) is 8.80. The Bertz CT molecular complexity index is 1300. The van der Waals surface area contributed by atoms with Gasteiger partial charge in [0.1, 0.15) is 11.4 Å². The van der Waals surface area contributed by atoms with E-state index in [0.29, 0.717) is 24.3 Å². The number of benzene rings is 2. The molecule has 2 aromatic carbocycles. The van der Waals surface area contributed by atoms with Gasteiger partial charge in [-0.15, -0.1) is 0 Å². The molecule has 4 aromatic rings. The highest BCUT2D eigenvalue weighted by atomic mass is 16.5. The van der Waals surface area contributed by atoms with Crippen molar-refractivity contribution >= 4 is 5.91 Å². The molecule has 1 saturated heterocycles. The number of methoxy groups -OCH3 is 1. The number of ether oxygens (including phenoxy) is 1. The first-order valence-electron chi connectivity index (χ1n) is 11.8. The highest BCUT2D eigenvalue weighted by Crippen LogP contribution is 2.26. The summed E-state index contributed by atoms with van der Waals surface area (Å²) in [6.45, 7) is 5.83. The maximum Gasteiger partial charge on any atom is 0.257 e. The van der Waals surface area contributed by atoms with E-state index in [1.807, 2.05) is 59.6 Å². The first-order valence-corrected chi connectivity index (χ1v) is 11.8. The van der Waals surface area contributed by atoms with Gasteiger partial charge in [0.15, 0.2) is 0 Å². The van der Waals surface area contributed by atoms with Crippen LogP contribution in [0.4, 0.5) is 0 Å². The molecule has 0 radical (unpaired) electrons. The topological polar surface area (TPSA) is 63.5 Å². The van der Waals surface area contributed by atoms with E-state index in [0.717, 1.165) is 36.6 Å². The summed E-state index contributed by atoms with van der Waals surface area (Å²) < 4.78 is 7.32. The number of carbonyl (C=O) groups is 1. The molecule has 0 spiro atoms. The molecule has 5 rings (SSSR count). The van der Waals surface area contributed by atoms with Crippen LogP contribution in [0.2, 0.25) is 0 Å². The first-order chi connectivity index (χ1) is 17.1. The summed E-state index contributed by atoms with van der Waals surface area (Å²) in [5.74, 6) is 0.905. The van der Waals surface area contributed by atoms with Gasteiger partial charge in [0.05, 0.1) is 18.4 Å². The van der Waals surface area contributed by atoms with Crippen LogP contribution >= 0.6 is 0 Å². The van der Waals surface area contributed by atoms with Gasteiger partial charge in [-0.3, -0.25) is 14.7 Å². The molecular formula is C28H29N5O2. The third-order valence-corrected chi connectivity index (χ3v) is 6.39. The van der Waals surface area contributed by atoms with Crippen LogP contribution in [0.15, 0.2) is 79.3 Å². The van der Waals surface area contributed by atoms with Crippen molar-refractivity contribution in [3.05, 3.63) is 95.9 Å². The van der Waals surface area contributed by atoms with Crippen LogP contribution in [-0.2, 0) is 6.54 Å². The van der Waals surface area contributed by atoms with Crippen molar-refractivity contribution in [2.75, 3.05) is 33.3 Å². The van der Waals surface area contributed by atoms with Crippen molar-refractivity contribution in [1.82, 2.24) is 24.6 Å². The van der Waals surface area contributed by atoms with Crippen molar-refractivity contribution in [2.24, 2.45) is 0 Å². The molecule has 2 aromatic heterocycles. The Morgan fingerprint density at radius 3 is 2.51 bits per heavy atom. The smallest absolute Gasteiger partial charge is 0.257 e. The fraction of sp³-hybridized carbons (Fsp3) is 0.250. The van der Waals surface area contributed by atoms with Crippen molar-refractivity contribution < 1.29 is 9.53 Å². The molecule has 7 nitrogen and oxygen atoms in total. The molecule has 7 heteroatoms. The zero-order chi connectivity index (χ0) is 24.2. The highest BCUT2D eigenvalue weighted by Gasteiger charge is 2.27. The van der Waals surface area contributed by atoms with Crippen LogP contribution in [0.1, 0.15) is 21.5 Å². The Morgan fingerprint density at radius 2 is 1.80 bits per heavy atom. The fourth-order valence-electron chi connectivity index (χ4n) is 4.51. The fourth-order valence-corrected chi connectivity index (χ4v) is 4.51. The van der Waals surface area contributed by atoms with Gasteiger partial charge in [-0.05, 0) is 37.3 Å². The molecule has 0 N–H and O–H groups in total. The lowest BCUT2D eigenvalue weighted by atomic mass is 10.1. The van der Waals surface area contributed by atoms with Crippen LogP contribution in [0.5, 0.6) is 5.75 Å². The number of aromatic nitrogens is 3. The number of rotatable bonds is 6. The minimum Gasteiger partial charge on any atom is -0.496 e. The Morgan fingerprint density at radius 1 is 1.00 bits per heavy atom. The van der Waals surface area contributed by atoms with Crippen LogP contribution in [0.3, 0.4) is 0 Å². The second-order valence-corrected chi connectivity index (χ2v) is 8.80. The van der Waals surface area contributed by atoms with E-state index in [-0.39, 0.29) is 5.91 Å². The Kier molecular flexibility index (Phi) is 6.59. The molecule has 0 aliphatic carbocycles. The van der Waals surface area contributed by atoms with Crippen LogP contribution < -0.4 is 4.74 Å². The molecule has 0 unspecified atom stereocenters. The second kappa shape index (κ2) is 10.1. The molecule has 0 bridgehead atoms. The summed E-state index contributed by atoms with van der Waals surface area (Å²) in [7, 11) is 1.71. The van der Waals surface area contributed by atoms with Crippen molar-refractivity contribution in [2.45, 2.75) is 13.5 Å². The van der Waals surface area contributed by atoms with Gasteiger partial charge in [0.2, 0.25) is 0 Å². The largest absolute Gasteiger partial charge is 0.496 e. The van der Waals surface area contributed by atoms with Gasteiger partial charge in [-0.25, -0.2) is 4.68 Å². The molecule has 178 valence electrons. The van der Waals surface area contributed by atoms with Gasteiger partial charge in [-0.2, -0.15) is 5.10 Å². The van der Waals surface area contributed by atoms with Gasteiger partial charge in [-0.1, -0.05) is 35.9 Å². The van der Waals surface area contributed by atoms with E-state index in [4.69, 9.17) is 9.84 Å². The summed E-state index contributed by atoms with van der Waals surface area (Å²) in [5.41, 5.74) is 5.38. The maximum absolute atomic E-state index is 13.7. The first kappa shape index (κ1) is 22.8. The number of amides is 1. The van der Waals surface area contributed by atoms with Gasteiger partial charge in [0, 0.05) is 62.4 Å². The van der Waals surface area contributed by atoms with Crippen molar-refractivity contribution in [3.8, 4) is 22.7 Å². The van der Waals surface area contributed by atoms with E-state index in [1.54, 1.807) is 24.2 Å². The SMILES string of the molecule is COc1ccc(C)cc1CN1CCN(C(=O)c2cn(-c3ccccc3)nc2-c2cccnc2)CC1. The number of aryl methyl sites for hydroxylation is 1. The Hall–Kier alpha value is -3.97. The monoisotopic (exact) mass is 467 g/mol. The average molecular weight is 468 g/mol. The van der Waals surface area contributed by atoms with E-state index in [9.17, 15) is 4.79 Å². The summed E-state index contributed by atoms with van der Waals surface area (Å²) in [6, 6.07) is 19.9. The van der Waals surface area contributed by atoms with Gasteiger partial charge in [0.25, 0.3) is 5.91 Å². The molecular weight excluding hydrogens is 438 g/mol. The zero-order valence-corrected chi connectivity index (χ0v) is 20.1. The number of para-hydroxylation sites is 1. The van der Waals surface area contributed by atoms with Gasteiger partial charge >= 0.3 is 0 Å². The third kappa shape index (κ3) is 4.95. The summed E-state index contributed by atoms with van der Waals surface area (Å²) in [5, 5.41) is 4.77. The van der Waals surface area contributed by atoms with Crippen molar-refractivity contribution in [3.63, 3.8) is 0 Å². The highest BCUT2D eigenvalue weighted by molar-refractivity contribution is 6.00. The predicted molar refractivity (Wildman–Crippen MR) is 136 cm³/mol. The van der Waals surface area contributed by atoms with E-state index < -0.39 is 0 Å². The zero-order valence-electron chi connectivity index (χ0n) is 20.1. The summed E-state index contributed by atoms with van der Waals surface area (Å²) in [6.07, 6.45) is 5.31. The number of hydrogen-bond donors (Lipinski definition) is 0. The standard InChI is InChI=1S/C28H29N5O2/c1-21-10-11-26(35-2)23(17-21)19-31-13-15-32(16-14-31)28(34)25-20-33(24-8-4-3-5-9-24)30-27(25)22-7-6-12-29-18-22/h3-12,17-18,20H,13-16,19H2,1-2H3. The lowest BCUT2D eigenvalue weighted by Crippen LogP contribution is -2.48. The van der Waals surface area contributed by atoms with E-state index in [1.165, 1.54) is 11.1 Å².